The fraction of sp³-hybridized carbons (Fsp3) is 1.00. The summed E-state index contributed by atoms with van der Waals surface area (Å²) in [5.41, 5.74) is 0. The Balaban J connectivity index is 4.87. The first kappa shape index (κ1) is 15.4. The SMILES string of the molecule is CCOC(C(F)C(F)(F)F)C(F)C(F)(F)F. The van der Waals surface area contributed by atoms with Crippen molar-refractivity contribution in [1.82, 2.24) is 0 Å². The van der Waals surface area contributed by atoms with Gasteiger partial charge in [-0.3, -0.25) is 0 Å². The fourth-order valence-corrected chi connectivity index (χ4v) is 0.882. The van der Waals surface area contributed by atoms with Gasteiger partial charge in [0.2, 0.25) is 12.3 Å². The Hall–Kier alpha value is -0.600. The standard InChI is InChI=1S/C7H8F8O/c1-2-16-3(4(8)6(10,11)12)5(9)7(13,14)15/h3-5H,2H2,1H3. The average Bonchev–Trinajstić information content (AvgIpc) is 2.09. The normalized spacial score (nSPS) is 19.3. The highest BCUT2D eigenvalue weighted by molar-refractivity contribution is 4.86. The van der Waals surface area contributed by atoms with Crippen LogP contribution in [0, 0.1) is 0 Å². The van der Waals surface area contributed by atoms with Crippen LogP contribution in [0.4, 0.5) is 35.1 Å². The summed E-state index contributed by atoms with van der Waals surface area (Å²) >= 11 is 0. The summed E-state index contributed by atoms with van der Waals surface area (Å²) < 4.78 is 99.6. The molecule has 0 rings (SSSR count). The molecule has 1 nitrogen and oxygen atoms in total. The maximum absolute atomic E-state index is 12.6. The van der Waals surface area contributed by atoms with Crippen LogP contribution >= 0.6 is 0 Å². The molecule has 2 unspecified atom stereocenters. The van der Waals surface area contributed by atoms with E-state index in [-0.39, 0.29) is 0 Å². The second-order valence-corrected chi connectivity index (χ2v) is 2.81. The van der Waals surface area contributed by atoms with Crippen LogP contribution in [-0.4, -0.2) is 37.4 Å². The molecule has 0 fully saturated rings. The van der Waals surface area contributed by atoms with E-state index >= 15 is 0 Å². The lowest BCUT2D eigenvalue weighted by Crippen LogP contribution is -2.49. The van der Waals surface area contributed by atoms with Crippen molar-refractivity contribution < 1.29 is 39.9 Å². The van der Waals surface area contributed by atoms with Crippen molar-refractivity contribution in [2.75, 3.05) is 6.61 Å². The van der Waals surface area contributed by atoms with Crippen molar-refractivity contribution in [3.05, 3.63) is 0 Å². The molecule has 0 radical (unpaired) electrons. The number of ether oxygens (including phenoxy) is 1. The summed E-state index contributed by atoms with van der Waals surface area (Å²) in [6, 6.07) is 0. The Morgan fingerprint density at radius 3 is 1.38 bits per heavy atom. The van der Waals surface area contributed by atoms with E-state index in [1.807, 2.05) is 0 Å². The molecule has 0 aromatic heterocycles. The Morgan fingerprint density at radius 1 is 0.875 bits per heavy atom. The Labute approximate surface area is 85.4 Å². The number of hydrogen-bond donors (Lipinski definition) is 0. The van der Waals surface area contributed by atoms with Gasteiger partial charge < -0.3 is 4.74 Å². The number of hydrogen-bond acceptors (Lipinski definition) is 1. The lowest BCUT2D eigenvalue weighted by atomic mass is 10.1. The van der Waals surface area contributed by atoms with Crippen molar-refractivity contribution in [3.63, 3.8) is 0 Å². The maximum Gasteiger partial charge on any atom is 0.422 e. The van der Waals surface area contributed by atoms with Crippen molar-refractivity contribution >= 4 is 0 Å². The number of halogens is 8. The van der Waals surface area contributed by atoms with Gasteiger partial charge in [0, 0.05) is 6.61 Å². The highest BCUT2D eigenvalue weighted by atomic mass is 19.4. The zero-order valence-electron chi connectivity index (χ0n) is 7.87. The van der Waals surface area contributed by atoms with Gasteiger partial charge in [0.25, 0.3) is 0 Å². The zero-order valence-corrected chi connectivity index (χ0v) is 7.87. The van der Waals surface area contributed by atoms with E-state index in [2.05, 4.69) is 4.74 Å². The van der Waals surface area contributed by atoms with Gasteiger partial charge in [0.1, 0.15) is 6.10 Å². The molecule has 9 heteroatoms. The Morgan fingerprint density at radius 2 is 1.19 bits per heavy atom. The van der Waals surface area contributed by atoms with E-state index in [4.69, 9.17) is 0 Å². The molecular weight excluding hydrogens is 252 g/mol. The molecule has 2 atom stereocenters. The van der Waals surface area contributed by atoms with Crippen molar-refractivity contribution in [3.8, 4) is 0 Å². The minimum absolute atomic E-state index is 0.669. The minimum atomic E-state index is -5.60. The third kappa shape index (κ3) is 4.11. The lowest BCUT2D eigenvalue weighted by Gasteiger charge is -2.26. The van der Waals surface area contributed by atoms with E-state index in [1.165, 1.54) is 0 Å². The summed E-state index contributed by atoms with van der Waals surface area (Å²) in [5, 5.41) is 0. The molecule has 0 aliphatic rings. The smallest absolute Gasteiger partial charge is 0.372 e. The molecule has 0 aromatic rings. The Bertz CT molecular complexity index is 189. The van der Waals surface area contributed by atoms with Crippen molar-refractivity contribution in [1.29, 1.82) is 0 Å². The molecule has 0 amide bonds. The van der Waals surface area contributed by atoms with Gasteiger partial charge in [-0.2, -0.15) is 26.3 Å². The molecule has 0 N–H and O–H groups in total. The molecule has 0 saturated heterocycles. The lowest BCUT2D eigenvalue weighted by molar-refractivity contribution is -0.260. The molecule has 0 heterocycles. The molecule has 98 valence electrons. The molecule has 0 spiro atoms. The fourth-order valence-electron chi connectivity index (χ4n) is 0.882. The van der Waals surface area contributed by atoms with Crippen LogP contribution in [0.25, 0.3) is 0 Å². The molecule has 16 heavy (non-hydrogen) atoms. The molecule has 0 bridgehead atoms. The molecule has 0 aromatic carbocycles. The third-order valence-electron chi connectivity index (χ3n) is 1.56. The largest absolute Gasteiger partial charge is 0.422 e. The second kappa shape index (κ2) is 5.15. The van der Waals surface area contributed by atoms with Crippen molar-refractivity contribution in [2.45, 2.75) is 37.7 Å². The van der Waals surface area contributed by atoms with E-state index < -0.39 is 37.4 Å². The summed E-state index contributed by atoms with van der Waals surface area (Å²) in [6.45, 7) is 0.358. The topological polar surface area (TPSA) is 9.23 Å². The van der Waals surface area contributed by atoms with Gasteiger partial charge in [-0.05, 0) is 6.92 Å². The van der Waals surface area contributed by atoms with Crippen LogP contribution < -0.4 is 0 Å². The van der Waals surface area contributed by atoms with Gasteiger partial charge in [-0.1, -0.05) is 0 Å². The summed E-state index contributed by atoms with van der Waals surface area (Å²) in [5.74, 6) is 0. The van der Waals surface area contributed by atoms with E-state index in [9.17, 15) is 35.1 Å². The predicted octanol–water partition coefficient (Wildman–Crippen LogP) is 3.19. The highest BCUT2D eigenvalue weighted by Crippen LogP contribution is 2.35. The summed E-state index contributed by atoms with van der Waals surface area (Å²) in [4.78, 5) is 0. The minimum Gasteiger partial charge on any atom is -0.372 e. The quantitative estimate of drug-likeness (QED) is 0.705. The first-order valence-electron chi connectivity index (χ1n) is 4.05. The summed E-state index contributed by atoms with van der Waals surface area (Å²) in [7, 11) is 0. The van der Waals surface area contributed by atoms with Gasteiger partial charge in [0.05, 0.1) is 0 Å². The highest BCUT2D eigenvalue weighted by Gasteiger charge is 2.56. The first-order valence-corrected chi connectivity index (χ1v) is 4.05. The molecule has 0 aliphatic heterocycles. The van der Waals surface area contributed by atoms with Crippen LogP contribution in [0.15, 0.2) is 0 Å². The van der Waals surface area contributed by atoms with Gasteiger partial charge >= 0.3 is 12.4 Å². The van der Waals surface area contributed by atoms with Gasteiger partial charge in [0.15, 0.2) is 0 Å². The van der Waals surface area contributed by atoms with Crippen LogP contribution in [0.1, 0.15) is 6.92 Å². The summed E-state index contributed by atoms with van der Waals surface area (Å²) in [6.07, 6.45) is -22.5. The second-order valence-electron chi connectivity index (χ2n) is 2.81. The van der Waals surface area contributed by atoms with E-state index in [0.29, 0.717) is 0 Å². The van der Waals surface area contributed by atoms with Crippen LogP contribution in [-0.2, 0) is 4.74 Å². The van der Waals surface area contributed by atoms with Crippen LogP contribution in [0.5, 0.6) is 0 Å². The predicted molar refractivity (Wildman–Crippen MR) is 37.3 cm³/mol. The van der Waals surface area contributed by atoms with Gasteiger partial charge in [-0.25, -0.2) is 8.78 Å². The number of alkyl halides is 8. The molecule has 0 aliphatic carbocycles. The third-order valence-corrected chi connectivity index (χ3v) is 1.56. The van der Waals surface area contributed by atoms with Gasteiger partial charge in [-0.15, -0.1) is 0 Å². The Kier molecular flexibility index (Phi) is 4.96. The number of rotatable bonds is 4. The maximum atomic E-state index is 12.6. The van der Waals surface area contributed by atoms with Crippen LogP contribution in [0.2, 0.25) is 0 Å². The van der Waals surface area contributed by atoms with E-state index in [1.54, 1.807) is 0 Å². The monoisotopic (exact) mass is 260 g/mol. The molecule has 0 saturated carbocycles. The average molecular weight is 260 g/mol. The van der Waals surface area contributed by atoms with Crippen LogP contribution in [0.3, 0.4) is 0 Å². The zero-order chi connectivity index (χ0) is 13.1. The first-order chi connectivity index (χ1) is 7.01. The molecular formula is C7H8F8O. The van der Waals surface area contributed by atoms with Crippen molar-refractivity contribution in [2.24, 2.45) is 0 Å². The van der Waals surface area contributed by atoms with E-state index in [0.717, 1.165) is 6.92 Å².